The third-order valence-corrected chi connectivity index (χ3v) is 4.55. The van der Waals surface area contributed by atoms with Gasteiger partial charge in [-0.1, -0.05) is 30.9 Å². The largest absolute Gasteiger partial charge is 0.495 e. The van der Waals surface area contributed by atoms with Gasteiger partial charge in [-0.05, 0) is 43.2 Å². The van der Waals surface area contributed by atoms with Crippen molar-refractivity contribution in [1.29, 1.82) is 0 Å². The number of hydrogen-bond donors (Lipinski definition) is 2. The second-order valence-electron chi connectivity index (χ2n) is 6.10. The molecule has 1 aliphatic carbocycles. The van der Waals surface area contributed by atoms with Crippen molar-refractivity contribution < 1.29 is 9.53 Å². The van der Waals surface area contributed by atoms with E-state index in [9.17, 15) is 4.79 Å². The lowest BCUT2D eigenvalue weighted by Crippen LogP contribution is -2.25. The molecule has 2 N–H and O–H groups in total. The van der Waals surface area contributed by atoms with Crippen molar-refractivity contribution >= 4 is 34.8 Å². The Kier molecular flexibility index (Phi) is 5.71. The Morgan fingerprint density at radius 3 is 2.52 bits per heavy atom. The summed E-state index contributed by atoms with van der Waals surface area (Å²) in [5.74, 6) is 1.77. The van der Waals surface area contributed by atoms with Crippen LogP contribution in [0.5, 0.6) is 5.75 Å². The molecule has 1 amide bonds. The highest BCUT2D eigenvalue weighted by molar-refractivity contribution is 6.31. The number of amides is 1. The lowest BCUT2D eigenvalue weighted by molar-refractivity contribution is -0.120. The maximum absolute atomic E-state index is 12.2. The molecular formula is C18H21ClN4O2. The van der Waals surface area contributed by atoms with Gasteiger partial charge < -0.3 is 15.4 Å². The van der Waals surface area contributed by atoms with Crippen LogP contribution in [0.1, 0.15) is 32.1 Å². The number of aromatic nitrogens is 2. The molecular weight excluding hydrogens is 340 g/mol. The number of methoxy groups -OCH3 is 1. The third kappa shape index (κ3) is 4.60. The summed E-state index contributed by atoms with van der Waals surface area (Å²) in [5.41, 5.74) is 0.697. The second-order valence-corrected chi connectivity index (χ2v) is 6.53. The van der Waals surface area contributed by atoms with Crippen LogP contribution in [-0.2, 0) is 4.79 Å². The summed E-state index contributed by atoms with van der Waals surface area (Å²) in [6, 6.07) is 8.76. The Bertz CT molecular complexity index is 730. The van der Waals surface area contributed by atoms with E-state index in [1.807, 2.05) is 0 Å². The molecule has 1 saturated carbocycles. The number of carbonyl (C=O) groups excluding carboxylic acids is 1. The van der Waals surface area contributed by atoms with Gasteiger partial charge in [0.15, 0.2) is 11.6 Å². The van der Waals surface area contributed by atoms with Gasteiger partial charge in [-0.2, -0.15) is 0 Å². The van der Waals surface area contributed by atoms with Crippen molar-refractivity contribution in [2.45, 2.75) is 32.1 Å². The van der Waals surface area contributed by atoms with E-state index in [-0.39, 0.29) is 11.8 Å². The van der Waals surface area contributed by atoms with Crippen LogP contribution in [0.2, 0.25) is 5.02 Å². The number of ether oxygens (including phenoxy) is 1. The highest BCUT2D eigenvalue weighted by atomic mass is 35.5. The number of anilines is 3. The smallest absolute Gasteiger partial charge is 0.228 e. The second kappa shape index (κ2) is 8.16. The van der Waals surface area contributed by atoms with Crippen molar-refractivity contribution in [2.75, 3.05) is 17.7 Å². The lowest BCUT2D eigenvalue weighted by atomic mass is 9.89. The summed E-state index contributed by atoms with van der Waals surface area (Å²) < 4.78 is 5.29. The number of halogens is 1. The summed E-state index contributed by atoms with van der Waals surface area (Å²) in [6.07, 6.45) is 5.36. The Labute approximate surface area is 151 Å². The Morgan fingerprint density at radius 1 is 1.12 bits per heavy atom. The average molecular weight is 361 g/mol. The molecule has 0 atom stereocenters. The predicted molar refractivity (Wildman–Crippen MR) is 98.5 cm³/mol. The maximum atomic E-state index is 12.2. The van der Waals surface area contributed by atoms with E-state index in [0.29, 0.717) is 28.1 Å². The minimum Gasteiger partial charge on any atom is -0.495 e. The van der Waals surface area contributed by atoms with Gasteiger partial charge in [0.05, 0.1) is 12.8 Å². The molecule has 1 aromatic heterocycles. The molecule has 0 spiro atoms. The predicted octanol–water partition coefficient (Wildman–Crippen LogP) is 4.40. The van der Waals surface area contributed by atoms with Crippen molar-refractivity contribution in [2.24, 2.45) is 5.92 Å². The summed E-state index contributed by atoms with van der Waals surface area (Å²) in [7, 11) is 1.59. The zero-order valence-corrected chi connectivity index (χ0v) is 14.8. The molecule has 3 rings (SSSR count). The van der Waals surface area contributed by atoms with Gasteiger partial charge >= 0.3 is 0 Å². The number of carbonyl (C=O) groups is 1. The summed E-state index contributed by atoms with van der Waals surface area (Å²) in [6.45, 7) is 0. The van der Waals surface area contributed by atoms with Gasteiger partial charge in [-0.15, -0.1) is 10.2 Å². The topological polar surface area (TPSA) is 76.1 Å². The van der Waals surface area contributed by atoms with Crippen molar-refractivity contribution in [1.82, 2.24) is 10.2 Å². The molecule has 2 aromatic rings. The van der Waals surface area contributed by atoms with Crippen molar-refractivity contribution in [3.63, 3.8) is 0 Å². The van der Waals surface area contributed by atoms with Crippen LogP contribution < -0.4 is 15.4 Å². The molecule has 0 saturated heterocycles. The van der Waals surface area contributed by atoms with Gasteiger partial charge in [0, 0.05) is 10.9 Å². The number of benzene rings is 1. The summed E-state index contributed by atoms with van der Waals surface area (Å²) >= 11 is 6.02. The van der Waals surface area contributed by atoms with Crippen LogP contribution in [0.3, 0.4) is 0 Å². The average Bonchev–Trinajstić information content (AvgIpc) is 2.64. The van der Waals surface area contributed by atoms with Gasteiger partial charge in [-0.3, -0.25) is 4.79 Å². The van der Waals surface area contributed by atoms with E-state index in [4.69, 9.17) is 16.3 Å². The first kappa shape index (κ1) is 17.5. The van der Waals surface area contributed by atoms with Crippen LogP contribution in [0.15, 0.2) is 30.3 Å². The molecule has 132 valence electrons. The SMILES string of the molecule is COc1ccc(Cl)cc1Nc1ccc(NC(=O)C2CCCCC2)nn1. The van der Waals surface area contributed by atoms with Crippen molar-refractivity contribution in [3.8, 4) is 5.75 Å². The number of nitrogens with one attached hydrogen (secondary N) is 2. The van der Waals surface area contributed by atoms with Crippen LogP contribution in [0.25, 0.3) is 0 Å². The monoisotopic (exact) mass is 360 g/mol. The molecule has 25 heavy (non-hydrogen) atoms. The Hall–Kier alpha value is -2.34. The van der Waals surface area contributed by atoms with Gasteiger partial charge in [-0.25, -0.2) is 0 Å². The Balaban J connectivity index is 1.64. The summed E-state index contributed by atoms with van der Waals surface area (Å²) in [5, 5.41) is 14.7. The first-order valence-corrected chi connectivity index (χ1v) is 8.78. The number of rotatable bonds is 5. The molecule has 0 unspecified atom stereocenters. The van der Waals surface area contributed by atoms with Gasteiger partial charge in [0.25, 0.3) is 0 Å². The molecule has 0 bridgehead atoms. The molecule has 0 aliphatic heterocycles. The van der Waals surface area contributed by atoms with E-state index in [2.05, 4.69) is 20.8 Å². The molecule has 6 nitrogen and oxygen atoms in total. The minimum absolute atomic E-state index is 0.0335. The Morgan fingerprint density at radius 2 is 1.84 bits per heavy atom. The van der Waals surface area contributed by atoms with Crippen LogP contribution in [-0.4, -0.2) is 23.2 Å². The maximum Gasteiger partial charge on any atom is 0.228 e. The quantitative estimate of drug-likeness (QED) is 0.826. The summed E-state index contributed by atoms with van der Waals surface area (Å²) in [4.78, 5) is 12.2. The number of nitrogens with zero attached hydrogens (tertiary/aromatic N) is 2. The molecule has 1 aromatic carbocycles. The normalized spacial score (nSPS) is 14.8. The molecule has 1 fully saturated rings. The zero-order chi connectivity index (χ0) is 17.6. The molecule has 1 heterocycles. The highest BCUT2D eigenvalue weighted by Gasteiger charge is 2.21. The van der Waals surface area contributed by atoms with Crippen LogP contribution in [0, 0.1) is 5.92 Å². The fourth-order valence-corrected chi connectivity index (χ4v) is 3.15. The van der Waals surface area contributed by atoms with E-state index >= 15 is 0 Å². The molecule has 0 radical (unpaired) electrons. The van der Waals surface area contributed by atoms with Crippen LogP contribution in [0.4, 0.5) is 17.3 Å². The first-order valence-electron chi connectivity index (χ1n) is 8.41. The van der Waals surface area contributed by atoms with Gasteiger partial charge in [0.2, 0.25) is 5.91 Å². The van der Waals surface area contributed by atoms with Gasteiger partial charge in [0.1, 0.15) is 5.75 Å². The highest BCUT2D eigenvalue weighted by Crippen LogP contribution is 2.30. The fourth-order valence-electron chi connectivity index (χ4n) is 2.97. The molecule has 1 aliphatic rings. The third-order valence-electron chi connectivity index (χ3n) is 4.32. The zero-order valence-electron chi connectivity index (χ0n) is 14.1. The standard InChI is InChI=1S/C18H21ClN4O2/c1-25-15-8-7-13(19)11-14(15)20-16-9-10-17(23-22-16)21-18(24)12-5-3-2-4-6-12/h7-12H,2-6H2,1H3,(H,20,22)(H,21,23,24). The fraction of sp³-hybridized carbons (Fsp3) is 0.389. The van der Waals surface area contributed by atoms with Crippen molar-refractivity contribution in [3.05, 3.63) is 35.4 Å². The minimum atomic E-state index is 0.0335. The van der Waals surface area contributed by atoms with E-state index in [1.54, 1.807) is 37.4 Å². The van der Waals surface area contributed by atoms with E-state index in [1.165, 1.54) is 6.42 Å². The number of hydrogen-bond acceptors (Lipinski definition) is 5. The van der Waals surface area contributed by atoms with E-state index < -0.39 is 0 Å². The molecule has 7 heteroatoms. The first-order chi connectivity index (χ1) is 12.2. The van der Waals surface area contributed by atoms with E-state index in [0.717, 1.165) is 25.7 Å². The lowest BCUT2D eigenvalue weighted by Gasteiger charge is -2.20. The van der Waals surface area contributed by atoms with Crippen LogP contribution >= 0.6 is 11.6 Å².